The molecule has 1 unspecified atom stereocenters. The van der Waals surface area contributed by atoms with E-state index in [1.807, 2.05) is 11.8 Å². The third-order valence-electron chi connectivity index (χ3n) is 4.47. The van der Waals surface area contributed by atoms with Gasteiger partial charge in [-0.15, -0.1) is 0 Å². The molecular weight excluding hydrogens is 407 g/mol. The molecule has 29 heavy (non-hydrogen) atoms. The first-order chi connectivity index (χ1) is 13.8. The van der Waals surface area contributed by atoms with E-state index in [1.54, 1.807) is 18.4 Å². The van der Waals surface area contributed by atoms with Crippen molar-refractivity contribution in [2.24, 2.45) is 0 Å². The lowest BCUT2D eigenvalue weighted by atomic mass is 10.1. The molecule has 1 aliphatic heterocycles. The number of furan rings is 1. The summed E-state index contributed by atoms with van der Waals surface area (Å²) in [7, 11) is 0. The minimum absolute atomic E-state index is 0.101. The number of anilines is 1. The average Bonchev–Trinajstić information content (AvgIpc) is 3.23. The molecule has 1 fully saturated rings. The smallest absolute Gasteiger partial charge is 0.416 e. The number of amides is 2. The van der Waals surface area contributed by atoms with E-state index >= 15 is 0 Å². The van der Waals surface area contributed by atoms with E-state index in [2.05, 4.69) is 15.5 Å². The van der Waals surface area contributed by atoms with Crippen molar-refractivity contribution >= 4 is 29.3 Å². The van der Waals surface area contributed by atoms with Gasteiger partial charge in [0.2, 0.25) is 0 Å². The molecule has 0 radical (unpaired) electrons. The molecule has 2 heterocycles. The van der Waals surface area contributed by atoms with Crippen LogP contribution < -0.4 is 10.6 Å². The monoisotopic (exact) mass is 427 g/mol. The van der Waals surface area contributed by atoms with Gasteiger partial charge in [-0.3, -0.25) is 14.5 Å². The van der Waals surface area contributed by atoms with Gasteiger partial charge in [0.05, 0.1) is 17.9 Å². The first-order valence-electron chi connectivity index (χ1n) is 8.96. The Kier molecular flexibility index (Phi) is 6.86. The third kappa shape index (κ3) is 5.77. The molecule has 1 saturated heterocycles. The molecule has 1 atom stereocenters. The molecule has 10 heteroatoms. The van der Waals surface area contributed by atoms with Gasteiger partial charge in [0.1, 0.15) is 5.76 Å². The van der Waals surface area contributed by atoms with Gasteiger partial charge in [0.15, 0.2) is 0 Å². The zero-order chi connectivity index (χ0) is 20.9. The van der Waals surface area contributed by atoms with E-state index in [-0.39, 0.29) is 18.3 Å². The fourth-order valence-corrected chi connectivity index (χ4v) is 3.94. The van der Waals surface area contributed by atoms with Crippen molar-refractivity contribution in [3.63, 3.8) is 0 Å². The van der Waals surface area contributed by atoms with Crippen molar-refractivity contribution in [1.82, 2.24) is 10.2 Å². The van der Waals surface area contributed by atoms with Gasteiger partial charge >= 0.3 is 18.0 Å². The molecule has 2 aromatic rings. The van der Waals surface area contributed by atoms with Crippen molar-refractivity contribution in [3.8, 4) is 0 Å². The van der Waals surface area contributed by atoms with Crippen LogP contribution in [0, 0.1) is 0 Å². The standard InChI is InChI=1S/C19H20F3N3O3S/c20-19(21,22)13-3-1-4-14(11-13)24-18(27)17(26)23-12-15(16-5-2-8-28-16)25-6-9-29-10-7-25/h1-5,8,11,15H,6-7,9-10,12H2,(H,23,26)(H,24,27). The second-order valence-electron chi connectivity index (χ2n) is 6.42. The molecule has 0 saturated carbocycles. The Bertz CT molecular complexity index is 837. The lowest BCUT2D eigenvalue weighted by Gasteiger charge is -2.33. The predicted molar refractivity (Wildman–Crippen MR) is 103 cm³/mol. The molecule has 1 aromatic carbocycles. The SMILES string of the molecule is O=C(NCC(c1ccco1)N1CCSCC1)C(=O)Nc1cccc(C(F)(F)F)c1. The van der Waals surface area contributed by atoms with Gasteiger partial charge in [-0.1, -0.05) is 6.07 Å². The lowest BCUT2D eigenvalue weighted by Crippen LogP contribution is -2.44. The second kappa shape index (κ2) is 9.36. The number of nitrogens with zero attached hydrogens (tertiary/aromatic N) is 1. The molecule has 2 N–H and O–H groups in total. The molecule has 1 aliphatic rings. The van der Waals surface area contributed by atoms with Gasteiger partial charge in [0, 0.05) is 36.8 Å². The molecule has 0 aliphatic carbocycles. The van der Waals surface area contributed by atoms with Gasteiger partial charge < -0.3 is 15.1 Å². The fourth-order valence-electron chi connectivity index (χ4n) is 3.01. The minimum atomic E-state index is -4.54. The number of carbonyl (C=O) groups is 2. The summed E-state index contributed by atoms with van der Waals surface area (Å²) in [4.78, 5) is 26.5. The van der Waals surface area contributed by atoms with Crippen LogP contribution in [0.1, 0.15) is 17.4 Å². The first kappa shape index (κ1) is 21.3. The number of hydrogen-bond donors (Lipinski definition) is 2. The summed E-state index contributed by atoms with van der Waals surface area (Å²) in [5, 5.41) is 4.75. The van der Waals surface area contributed by atoms with Crippen LogP contribution in [0.4, 0.5) is 18.9 Å². The number of hydrogen-bond acceptors (Lipinski definition) is 5. The van der Waals surface area contributed by atoms with Crippen molar-refractivity contribution in [3.05, 3.63) is 54.0 Å². The lowest BCUT2D eigenvalue weighted by molar-refractivity contribution is -0.137. The van der Waals surface area contributed by atoms with Crippen LogP contribution >= 0.6 is 11.8 Å². The largest absolute Gasteiger partial charge is 0.468 e. The average molecular weight is 427 g/mol. The summed E-state index contributed by atoms with van der Waals surface area (Å²) < 4.78 is 43.8. The van der Waals surface area contributed by atoms with E-state index in [0.717, 1.165) is 42.8 Å². The van der Waals surface area contributed by atoms with E-state index in [1.165, 1.54) is 6.07 Å². The van der Waals surface area contributed by atoms with Crippen molar-refractivity contribution in [2.45, 2.75) is 12.2 Å². The fraction of sp³-hybridized carbons (Fsp3) is 0.368. The minimum Gasteiger partial charge on any atom is -0.468 e. The molecular formula is C19H20F3N3O3S. The van der Waals surface area contributed by atoms with Crippen molar-refractivity contribution in [1.29, 1.82) is 0 Å². The maximum Gasteiger partial charge on any atom is 0.416 e. The maximum absolute atomic E-state index is 12.8. The molecule has 6 nitrogen and oxygen atoms in total. The maximum atomic E-state index is 12.8. The quantitative estimate of drug-likeness (QED) is 0.718. The van der Waals surface area contributed by atoms with Crippen LogP contribution in [0.15, 0.2) is 47.1 Å². The van der Waals surface area contributed by atoms with Gasteiger partial charge in [-0.05, 0) is 30.3 Å². The summed E-state index contributed by atoms with van der Waals surface area (Å²) in [6.07, 6.45) is -2.99. The highest BCUT2D eigenvalue weighted by molar-refractivity contribution is 7.99. The van der Waals surface area contributed by atoms with E-state index < -0.39 is 23.6 Å². The highest BCUT2D eigenvalue weighted by Crippen LogP contribution is 2.30. The summed E-state index contributed by atoms with van der Waals surface area (Å²) in [6, 6.07) is 7.46. The van der Waals surface area contributed by atoms with Crippen LogP contribution in [0.2, 0.25) is 0 Å². The Hall–Kier alpha value is -2.46. The van der Waals surface area contributed by atoms with Crippen molar-refractivity contribution in [2.75, 3.05) is 36.5 Å². The van der Waals surface area contributed by atoms with E-state index in [0.29, 0.717) is 5.76 Å². The second-order valence-corrected chi connectivity index (χ2v) is 7.65. The number of halogens is 3. The molecule has 0 bridgehead atoms. The predicted octanol–water partition coefficient (Wildman–Crippen LogP) is 3.14. The zero-order valence-corrected chi connectivity index (χ0v) is 16.2. The molecule has 156 valence electrons. The topological polar surface area (TPSA) is 74.6 Å². The van der Waals surface area contributed by atoms with Crippen molar-refractivity contribution < 1.29 is 27.2 Å². The highest BCUT2D eigenvalue weighted by atomic mass is 32.2. The highest BCUT2D eigenvalue weighted by Gasteiger charge is 2.31. The number of carbonyl (C=O) groups excluding carboxylic acids is 2. The molecule has 3 rings (SSSR count). The first-order valence-corrected chi connectivity index (χ1v) is 10.1. The van der Waals surface area contributed by atoms with Gasteiger partial charge in [-0.25, -0.2) is 0 Å². The summed E-state index contributed by atoms with van der Waals surface area (Å²) in [5.41, 5.74) is -1.01. The Morgan fingerprint density at radius 2 is 1.90 bits per heavy atom. The zero-order valence-electron chi connectivity index (χ0n) is 15.4. The summed E-state index contributed by atoms with van der Waals surface area (Å²) in [6.45, 7) is 1.79. The van der Waals surface area contributed by atoms with Gasteiger partial charge in [0.25, 0.3) is 0 Å². The number of nitrogens with one attached hydrogen (secondary N) is 2. The van der Waals surface area contributed by atoms with Gasteiger partial charge in [-0.2, -0.15) is 24.9 Å². The van der Waals surface area contributed by atoms with E-state index in [9.17, 15) is 22.8 Å². The van der Waals surface area contributed by atoms with Crippen LogP contribution in [0.25, 0.3) is 0 Å². The Morgan fingerprint density at radius 1 is 1.14 bits per heavy atom. The molecule has 2 amide bonds. The third-order valence-corrected chi connectivity index (χ3v) is 5.41. The number of rotatable bonds is 5. The van der Waals surface area contributed by atoms with Crippen LogP contribution in [0.3, 0.4) is 0 Å². The van der Waals surface area contributed by atoms with Crippen LogP contribution in [0.5, 0.6) is 0 Å². The number of alkyl halides is 3. The molecule has 1 aromatic heterocycles. The summed E-state index contributed by atoms with van der Waals surface area (Å²) >= 11 is 1.84. The van der Waals surface area contributed by atoms with Crippen LogP contribution in [-0.4, -0.2) is 47.9 Å². The molecule has 0 spiro atoms. The summed E-state index contributed by atoms with van der Waals surface area (Å²) in [5.74, 6) is 0.639. The Labute approximate surface area is 169 Å². The van der Waals surface area contributed by atoms with E-state index in [4.69, 9.17) is 4.42 Å². The van der Waals surface area contributed by atoms with Crippen LogP contribution in [-0.2, 0) is 15.8 Å². The number of benzene rings is 1. The Balaban J connectivity index is 1.60. The Morgan fingerprint density at radius 3 is 2.55 bits per heavy atom. The normalized spacial score (nSPS) is 16.2. The number of thioether (sulfide) groups is 1.